The van der Waals surface area contributed by atoms with Crippen LogP contribution in [0.15, 0.2) is 53.6 Å². The number of carbonyl (C=O) groups is 1. The van der Waals surface area contributed by atoms with Gasteiger partial charge in [-0.15, -0.1) is 0 Å². The van der Waals surface area contributed by atoms with Crippen LogP contribution in [0.4, 0.5) is 11.4 Å². The maximum atomic E-state index is 11.0. The summed E-state index contributed by atoms with van der Waals surface area (Å²) in [6.07, 6.45) is 0. The number of anilines is 2. The molecule has 0 spiro atoms. The zero-order valence-electron chi connectivity index (χ0n) is 11.1. The maximum absolute atomic E-state index is 11.0. The van der Waals surface area contributed by atoms with Gasteiger partial charge in [0, 0.05) is 10.0 Å². The largest absolute Gasteiger partial charge is 0.477 e. The maximum Gasteiger partial charge on any atom is 0.351 e. The van der Waals surface area contributed by atoms with Crippen LogP contribution in [-0.4, -0.2) is 16.8 Å². The highest BCUT2D eigenvalue weighted by molar-refractivity contribution is 6.34. The van der Waals surface area contributed by atoms with Gasteiger partial charge in [0.05, 0.1) is 11.4 Å². The Hall–Kier alpha value is -2.04. The van der Waals surface area contributed by atoms with Crippen molar-refractivity contribution in [2.75, 3.05) is 5.01 Å². The van der Waals surface area contributed by atoms with Crippen LogP contribution in [0.1, 0.15) is 6.92 Å². The van der Waals surface area contributed by atoms with Crippen LogP contribution in [0.5, 0.6) is 0 Å². The average Bonchev–Trinajstić information content (AvgIpc) is 2.46. The summed E-state index contributed by atoms with van der Waals surface area (Å²) in [7, 11) is 0. The standard InChI is InChI=1S/C15H12Cl2N2O2/c1-10(15(20)21)18-19(13-6-2-11(16)3-7-13)14-8-4-12(17)5-9-14/h2-9H,1H3,(H,20,21). The molecule has 0 aliphatic heterocycles. The predicted molar refractivity (Wildman–Crippen MR) is 85.8 cm³/mol. The van der Waals surface area contributed by atoms with E-state index < -0.39 is 5.97 Å². The third-order valence-electron chi connectivity index (χ3n) is 2.70. The summed E-state index contributed by atoms with van der Waals surface area (Å²) in [4.78, 5) is 11.0. The predicted octanol–water partition coefficient (Wildman–Crippen LogP) is 4.59. The molecule has 4 nitrogen and oxygen atoms in total. The Morgan fingerprint density at radius 2 is 1.33 bits per heavy atom. The van der Waals surface area contributed by atoms with Gasteiger partial charge in [-0.3, -0.25) is 0 Å². The highest BCUT2D eigenvalue weighted by atomic mass is 35.5. The summed E-state index contributed by atoms with van der Waals surface area (Å²) in [6, 6.07) is 13.9. The van der Waals surface area contributed by atoms with E-state index in [1.807, 2.05) is 0 Å². The molecular formula is C15H12Cl2N2O2. The highest BCUT2D eigenvalue weighted by Crippen LogP contribution is 2.28. The Balaban J connectivity index is 2.48. The molecular weight excluding hydrogens is 311 g/mol. The first-order chi connectivity index (χ1) is 9.97. The van der Waals surface area contributed by atoms with Gasteiger partial charge in [0.15, 0.2) is 0 Å². The average molecular weight is 323 g/mol. The molecule has 0 saturated carbocycles. The second-order valence-electron chi connectivity index (χ2n) is 4.26. The molecule has 0 saturated heterocycles. The van der Waals surface area contributed by atoms with Gasteiger partial charge >= 0.3 is 5.97 Å². The summed E-state index contributed by atoms with van der Waals surface area (Å²) in [5.41, 5.74) is 1.37. The minimum absolute atomic E-state index is 0.0279. The second-order valence-corrected chi connectivity index (χ2v) is 5.13. The van der Waals surface area contributed by atoms with Gasteiger partial charge in [0.25, 0.3) is 0 Å². The summed E-state index contributed by atoms with van der Waals surface area (Å²) >= 11 is 11.7. The Kier molecular flexibility index (Phi) is 4.83. The van der Waals surface area contributed by atoms with Crippen LogP contribution in [0.25, 0.3) is 0 Å². The lowest BCUT2D eigenvalue weighted by Gasteiger charge is -2.20. The van der Waals surface area contributed by atoms with Gasteiger partial charge in [-0.05, 0) is 55.5 Å². The molecule has 0 unspecified atom stereocenters. The van der Waals surface area contributed by atoms with Crippen molar-refractivity contribution in [1.82, 2.24) is 0 Å². The van der Waals surface area contributed by atoms with Gasteiger partial charge in [0.2, 0.25) is 0 Å². The molecule has 0 aliphatic rings. The van der Waals surface area contributed by atoms with E-state index in [9.17, 15) is 4.79 Å². The number of hydrazone groups is 1. The van der Waals surface area contributed by atoms with Crippen LogP contribution in [0.2, 0.25) is 10.0 Å². The van der Waals surface area contributed by atoms with Crippen molar-refractivity contribution < 1.29 is 9.90 Å². The van der Waals surface area contributed by atoms with Crippen LogP contribution in [0, 0.1) is 0 Å². The van der Waals surface area contributed by atoms with Crippen molar-refractivity contribution in [1.29, 1.82) is 0 Å². The van der Waals surface area contributed by atoms with Crippen molar-refractivity contribution in [3.8, 4) is 0 Å². The second kappa shape index (κ2) is 6.61. The number of rotatable bonds is 4. The molecule has 0 fully saturated rings. The van der Waals surface area contributed by atoms with Crippen molar-refractivity contribution in [2.45, 2.75) is 6.92 Å². The summed E-state index contributed by atoms with van der Waals surface area (Å²) in [5, 5.41) is 15.9. The summed E-state index contributed by atoms with van der Waals surface area (Å²) < 4.78 is 0. The first-order valence-corrected chi connectivity index (χ1v) is 6.83. The quantitative estimate of drug-likeness (QED) is 0.661. The molecule has 0 aliphatic carbocycles. The Labute approximate surface area is 132 Å². The summed E-state index contributed by atoms with van der Waals surface area (Å²) in [6.45, 7) is 1.43. The molecule has 2 aromatic rings. The fourth-order valence-corrected chi connectivity index (χ4v) is 1.87. The molecule has 2 aromatic carbocycles. The third kappa shape index (κ3) is 3.97. The van der Waals surface area contributed by atoms with Gasteiger partial charge < -0.3 is 5.11 Å². The van der Waals surface area contributed by atoms with E-state index in [0.29, 0.717) is 21.4 Å². The zero-order valence-corrected chi connectivity index (χ0v) is 12.6. The number of carboxylic acids is 1. The lowest BCUT2D eigenvalue weighted by molar-refractivity contribution is -0.129. The molecule has 1 N–H and O–H groups in total. The van der Waals surface area contributed by atoms with Crippen LogP contribution in [0.3, 0.4) is 0 Å². The number of hydrogen-bond donors (Lipinski definition) is 1. The van der Waals surface area contributed by atoms with Crippen molar-refractivity contribution in [3.05, 3.63) is 58.6 Å². The van der Waals surface area contributed by atoms with Crippen molar-refractivity contribution in [2.24, 2.45) is 5.10 Å². The summed E-state index contributed by atoms with van der Waals surface area (Å²) in [5.74, 6) is -1.08. The van der Waals surface area contributed by atoms with Gasteiger partial charge in [-0.2, -0.15) is 5.10 Å². The van der Waals surface area contributed by atoms with Crippen LogP contribution >= 0.6 is 23.2 Å². The molecule has 0 bridgehead atoms. The highest BCUT2D eigenvalue weighted by Gasteiger charge is 2.11. The smallest absolute Gasteiger partial charge is 0.351 e. The fourth-order valence-electron chi connectivity index (χ4n) is 1.62. The van der Waals surface area contributed by atoms with E-state index in [2.05, 4.69) is 5.10 Å². The molecule has 108 valence electrons. The molecule has 0 amide bonds. The van der Waals surface area contributed by atoms with Gasteiger partial charge in [-0.25, -0.2) is 9.80 Å². The number of carboxylic acid groups (broad SMARTS) is 1. The van der Waals surface area contributed by atoms with Gasteiger partial charge in [0.1, 0.15) is 5.71 Å². The first-order valence-electron chi connectivity index (χ1n) is 6.07. The minimum atomic E-state index is -1.08. The molecule has 2 rings (SSSR count). The topological polar surface area (TPSA) is 52.9 Å². The number of hydrogen-bond acceptors (Lipinski definition) is 3. The van der Waals surface area contributed by atoms with E-state index in [0.717, 1.165) is 0 Å². The van der Waals surface area contributed by atoms with E-state index in [1.165, 1.54) is 11.9 Å². The molecule has 21 heavy (non-hydrogen) atoms. The van der Waals surface area contributed by atoms with Crippen LogP contribution in [-0.2, 0) is 4.79 Å². The van der Waals surface area contributed by atoms with Gasteiger partial charge in [-0.1, -0.05) is 23.2 Å². The molecule has 0 radical (unpaired) electrons. The first kappa shape index (κ1) is 15.4. The van der Waals surface area contributed by atoms with Crippen LogP contribution < -0.4 is 5.01 Å². The number of aliphatic carboxylic acids is 1. The Morgan fingerprint density at radius 3 is 1.67 bits per heavy atom. The number of nitrogens with zero attached hydrogens (tertiary/aromatic N) is 2. The number of halogens is 2. The molecule has 6 heteroatoms. The number of benzene rings is 2. The zero-order chi connectivity index (χ0) is 15.4. The van der Waals surface area contributed by atoms with E-state index in [1.54, 1.807) is 48.5 Å². The van der Waals surface area contributed by atoms with E-state index in [-0.39, 0.29) is 5.71 Å². The van der Waals surface area contributed by atoms with E-state index >= 15 is 0 Å². The molecule has 0 atom stereocenters. The lowest BCUT2D eigenvalue weighted by Crippen LogP contribution is -2.17. The Bertz CT molecular complexity index is 622. The monoisotopic (exact) mass is 322 g/mol. The lowest BCUT2D eigenvalue weighted by atomic mass is 10.2. The minimum Gasteiger partial charge on any atom is -0.477 e. The fraction of sp³-hybridized carbons (Fsp3) is 0.0667. The molecule has 0 aromatic heterocycles. The van der Waals surface area contributed by atoms with Crippen molar-refractivity contribution >= 4 is 46.3 Å². The third-order valence-corrected chi connectivity index (χ3v) is 3.21. The SMILES string of the molecule is CC(=NN(c1ccc(Cl)cc1)c1ccc(Cl)cc1)C(=O)O. The Morgan fingerprint density at radius 1 is 0.952 bits per heavy atom. The van der Waals surface area contributed by atoms with E-state index in [4.69, 9.17) is 28.3 Å². The van der Waals surface area contributed by atoms with Crippen molar-refractivity contribution in [3.63, 3.8) is 0 Å². The molecule has 0 heterocycles. The normalized spacial score (nSPS) is 11.3.